The monoisotopic (exact) mass is 386 g/mol. The van der Waals surface area contributed by atoms with Crippen LogP contribution in [-0.2, 0) is 16.0 Å². The van der Waals surface area contributed by atoms with Crippen LogP contribution in [0.3, 0.4) is 0 Å². The van der Waals surface area contributed by atoms with Crippen LogP contribution in [0, 0.1) is 11.8 Å². The van der Waals surface area contributed by atoms with Crippen molar-refractivity contribution in [2.45, 2.75) is 64.5 Å². The molecule has 1 aliphatic heterocycles. The lowest BCUT2D eigenvalue weighted by Crippen LogP contribution is -2.44. The van der Waals surface area contributed by atoms with Gasteiger partial charge in [-0.15, -0.1) is 0 Å². The first-order valence-electron chi connectivity index (χ1n) is 10.7. The van der Waals surface area contributed by atoms with E-state index in [0.29, 0.717) is 30.5 Å². The molecular formula is C23H34N2O3. The second-order valence-corrected chi connectivity index (χ2v) is 8.81. The highest BCUT2D eigenvalue weighted by atomic mass is 16.5. The zero-order valence-electron chi connectivity index (χ0n) is 17.4. The Hall–Kier alpha value is -1.88. The third-order valence-electron chi connectivity index (χ3n) is 5.93. The third kappa shape index (κ3) is 5.81. The van der Waals surface area contributed by atoms with Crippen LogP contribution >= 0.6 is 0 Å². The molecule has 0 unspecified atom stereocenters. The second-order valence-electron chi connectivity index (χ2n) is 8.81. The van der Waals surface area contributed by atoms with Crippen LogP contribution in [0.5, 0.6) is 0 Å². The summed E-state index contributed by atoms with van der Waals surface area (Å²) in [5.41, 5.74) is 1.98. The topological polar surface area (TPSA) is 58.6 Å². The number of nitrogens with zero attached hydrogens (tertiary/aromatic N) is 1. The highest BCUT2D eigenvalue weighted by Gasteiger charge is 2.38. The van der Waals surface area contributed by atoms with Crippen molar-refractivity contribution >= 4 is 11.9 Å². The Morgan fingerprint density at radius 1 is 1.11 bits per heavy atom. The van der Waals surface area contributed by atoms with Crippen LogP contribution in [0.1, 0.15) is 61.9 Å². The Morgan fingerprint density at radius 3 is 2.39 bits per heavy atom. The third-order valence-corrected chi connectivity index (χ3v) is 5.93. The van der Waals surface area contributed by atoms with Gasteiger partial charge >= 0.3 is 5.97 Å². The quantitative estimate of drug-likeness (QED) is 0.661. The summed E-state index contributed by atoms with van der Waals surface area (Å²) in [6.07, 6.45) is 6.05. The molecule has 5 heteroatoms. The van der Waals surface area contributed by atoms with Gasteiger partial charge in [-0.3, -0.25) is 14.5 Å². The van der Waals surface area contributed by atoms with Gasteiger partial charge in [-0.05, 0) is 61.6 Å². The number of methoxy groups -OCH3 is 1. The molecule has 28 heavy (non-hydrogen) atoms. The Bertz CT molecular complexity index is 667. The molecule has 1 saturated heterocycles. The molecule has 1 aliphatic carbocycles. The Balaban J connectivity index is 1.54. The van der Waals surface area contributed by atoms with Crippen LogP contribution in [0.4, 0.5) is 0 Å². The molecule has 1 saturated carbocycles. The number of hydrogen-bond donors (Lipinski definition) is 1. The van der Waals surface area contributed by atoms with Crippen molar-refractivity contribution < 1.29 is 14.3 Å². The summed E-state index contributed by atoms with van der Waals surface area (Å²) in [7, 11) is 1.45. The first kappa shape index (κ1) is 20.8. The molecule has 0 aromatic heterocycles. The summed E-state index contributed by atoms with van der Waals surface area (Å²) >= 11 is 0. The van der Waals surface area contributed by atoms with Crippen LogP contribution in [0.25, 0.3) is 0 Å². The average molecular weight is 387 g/mol. The number of rotatable bonds is 9. The average Bonchev–Trinajstić information content (AvgIpc) is 3.42. The number of carbonyl (C=O) groups is 2. The van der Waals surface area contributed by atoms with Gasteiger partial charge in [0.25, 0.3) is 5.91 Å². The minimum Gasteiger partial charge on any atom is -0.469 e. The zero-order valence-corrected chi connectivity index (χ0v) is 17.4. The molecule has 1 amide bonds. The number of carbonyl (C=O) groups excluding carboxylic acids is 2. The summed E-state index contributed by atoms with van der Waals surface area (Å²) < 4.78 is 4.87. The molecular weight excluding hydrogens is 352 g/mol. The molecule has 2 aliphatic rings. The summed E-state index contributed by atoms with van der Waals surface area (Å²) in [4.78, 5) is 26.8. The summed E-state index contributed by atoms with van der Waals surface area (Å²) in [6, 6.07) is 8.49. The maximum absolute atomic E-state index is 12.6. The molecule has 2 fully saturated rings. The van der Waals surface area contributed by atoms with Crippen LogP contribution in [0.15, 0.2) is 24.3 Å². The molecule has 0 radical (unpaired) electrons. The number of likely N-dealkylation sites (tertiary alicyclic amines) is 1. The number of ether oxygens (including phenoxy) is 1. The van der Waals surface area contributed by atoms with Gasteiger partial charge in [-0.1, -0.05) is 26.0 Å². The van der Waals surface area contributed by atoms with Crippen molar-refractivity contribution in [2.24, 2.45) is 11.8 Å². The molecule has 2 atom stereocenters. The van der Waals surface area contributed by atoms with Gasteiger partial charge in [0, 0.05) is 30.7 Å². The van der Waals surface area contributed by atoms with E-state index < -0.39 is 0 Å². The lowest BCUT2D eigenvalue weighted by Gasteiger charge is -2.30. The first-order chi connectivity index (χ1) is 13.5. The standard InChI is InChI=1S/C23H34N2O3/c1-16(2)12-17-6-8-19(9-7-17)23(27)24-14-21-11-10-20(13-22(26)28-3)25(21)15-18-4-5-18/h6-9,16,18,20-21H,4-5,10-15H2,1-3H3,(H,24,27)/t20-,21+/m1/s1. The fourth-order valence-electron chi connectivity index (χ4n) is 4.20. The van der Waals surface area contributed by atoms with Gasteiger partial charge in [-0.25, -0.2) is 0 Å². The lowest BCUT2D eigenvalue weighted by atomic mass is 10.0. The molecule has 0 spiro atoms. The highest BCUT2D eigenvalue weighted by molar-refractivity contribution is 5.94. The molecule has 0 bridgehead atoms. The lowest BCUT2D eigenvalue weighted by molar-refractivity contribution is -0.141. The van der Waals surface area contributed by atoms with Crippen molar-refractivity contribution in [3.8, 4) is 0 Å². The van der Waals surface area contributed by atoms with Crippen LogP contribution < -0.4 is 5.32 Å². The Kier molecular flexibility index (Phi) is 7.11. The number of nitrogens with one attached hydrogen (secondary N) is 1. The summed E-state index contributed by atoms with van der Waals surface area (Å²) in [5, 5.41) is 3.12. The van der Waals surface area contributed by atoms with Gasteiger partial charge in [-0.2, -0.15) is 0 Å². The minimum atomic E-state index is -0.142. The number of hydrogen-bond acceptors (Lipinski definition) is 4. The van der Waals surface area contributed by atoms with Crippen molar-refractivity contribution in [1.82, 2.24) is 10.2 Å². The molecule has 3 rings (SSSR count). The van der Waals surface area contributed by atoms with E-state index in [4.69, 9.17) is 4.74 Å². The SMILES string of the molecule is COC(=O)C[C@H]1CC[C@@H](CNC(=O)c2ccc(CC(C)C)cc2)N1CC1CC1. The van der Waals surface area contributed by atoms with Gasteiger partial charge in [0.1, 0.15) is 0 Å². The number of amides is 1. The molecule has 154 valence electrons. The van der Waals surface area contributed by atoms with E-state index in [0.717, 1.165) is 31.7 Å². The van der Waals surface area contributed by atoms with E-state index >= 15 is 0 Å². The Labute approximate surface area is 168 Å². The number of benzene rings is 1. The minimum absolute atomic E-state index is 0.0149. The molecule has 5 nitrogen and oxygen atoms in total. The van der Waals surface area contributed by atoms with Gasteiger partial charge < -0.3 is 10.1 Å². The maximum atomic E-state index is 12.6. The zero-order chi connectivity index (χ0) is 20.1. The van der Waals surface area contributed by atoms with Gasteiger partial charge in [0.05, 0.1) is 13.5 Å². The predicted octanol–water partition coefficient (Wildman–Crippen LogP) is 3.42. The second kappa shape index (κ2) is 9.55. The van der Waals surface area contributed by atoms with Crippen molar-refractivity contribution in [1.29, 1.82) is 0 Å². The molecule has 1 aromatic rings. The van der Waals surface area contributed by atoms with Crippen LogP contribution in [0.2, 0.25) is 0 Å². The highest BCUT2D eigenvalue weighted by Crippen LogP contribution is 2.35. The normalized spacial score (nSPS) is 22.4. The van der Waals surface area contributed by atoms with E-state index in [2.05, 4.69) is 36.2 Å². The first-order valence-corrected chi connectivity index (χ1v) is 10.7. The predicted molar refractivity (Wildman–Crippen MR) is 110 cm³/mol. The smallest absolute Gasteiger partial charge is 0.307 e. The van der Waals surface area contributed by atoms with E-state index in [1.807, 2.05) is 12.1 Å². The van der Waals surface area contributed by atoms with Crippen molar-refractivity contribution in [2.75, 3.05) is 20.2 Å². The van der Waals surface area contributed by atoms with E-state index in [1.165, 1.54) is 25.5 Å². The molecule has 1 aromatic carbocycles. The van der Waals surface area contributed by atoms with Gasteiger partial charge in [0.2, 0.25) is 0 Å². The van der Waals surface area contributed by atoms with E-state index in [-0.39, 0.29) is 17.9 Å². The summed E-state index contributed by atoms with van der Waals surface area (Å²) in [5.74, 6) is 1.21. The van der Waals surface area contributed by atoms with Crippen molar-refractivity contribution in [3.05, 3.63) is 35.4 Å². The van der Waals surface area contributed by atoms with Crippen LogP contribution in [-0.4, -0.2) is 49.1 Å². The largest absolute Gasteiger partial charge is 0.469 e. The fourth-order valence-corrected chi connectivity index (χ4v) is 4.20. The fraction of sp³-hybridized carbons (Fsp3) is 0.652. The molecule has 1 N–H and O–H groups in total. The Morgan fingerprint density at radius 2 is 1.79 bits per heavy atom. The van der Waals surface area contributed by atoms with E-state index in [9.17, 15) is 9.59 Å². The van der Waals surface area contributed by atoms with Gasteiger partial charge in [0.15, 0.2) is 0 Å². The number of esters is 1. The summed E-state index contributed by atoms with van der Waals surface area (Å²) in [6.45, 7) is 6.06. The van der Waals surface area contributed by atoms with E-state index in [1.54, 1.807) is 0 Å². The maximum Gasteiger partial charge on any atom is 0.307 e. The molecule has 1 heterocycles. The van der Waals surface area contributed by atoms with Crippen molar-refractivity contribution in [3.63, 3.8) is 0 Å².